The standard InChI is InChI=1S/C18H28N2S2/c1-15(2)11-7-5-3-4-6-10-14-19-22-18-20-16-12-8-9-13-17(16)21-18/h8-9,12-13,15,19H,3-7,10-11,14H2,1-2H3. The molecule has 1 aromatic heterocycles. The van der Waals surface area contributed by atoms with E-state index in [1.54, 1.807) is 23.3 Å². The Bertz CT molecular complexity index is 504. The molecule has 0 saturated heterocycles. The average molecular weight is 337 g/mol. The van der Waals surface area contributed by atoms with Crippen LogP contribution in [0.15, 0.2) is 28.6 Å². The molecule has 0 aliphatic rings. The van der Waals surface area contributed by atoms with Gasteiger partial charge in [-0.3, -0.25) is 4.72 Å². The van der Waals surface area contributed by atoms with Gasteiger partial charge in [-0.25, -0.2) is 4.98 Å². The molecule has 1 aromatic carbocycles. The van der Waals surface area contributed by atoms with Crippen molar-refractivity contribution in [3.05, 3.63) is 24.3 Å². The first-order chi connectivity index (χ1) is 10.8. The van der Waals surface area contributed by atoms with Gasteiger partial charge in [0, 0.05) is 6.54 Å². The van der Waals surface area contributed by atoms with Gasteiger partial charge in [-0.1, -0.05) is 64.5 Å². The number of hydrogen-bond acceptors (Lipinski definition) is 4. The molecule has 0 aliphatic carbocycles. The summed E-state index contributed by atoms with van der Waals surface area (Å²) in [5, 5.41) is 0. The van der Waals surface area contributed by atoms with Crippen LogP contribution in [0.1, 0.15) is 58.8 Å². The summed E-state index contributed by atoms with van der Waals surface area (Å²) < 4.78 is 5.84. The zero-order valence-corrected chi connectivity index (χ0v) is 15.4. The first kappa shape index (κ1) is 17.8. The van der Waals surface area contributed by atoms with Gasteiger partial charge in [0.1, 0.15) is 0 Å². The molecule has 0 fully saturated rings. The van der Waals surface area contributed by atoms with Crippen molar-refractivity contribution in [1.82, 2.24) is 9.71 Å². The van der Waals surface area contributed by atoms with E-state index < -0.39 is 0 Å². The maximum Gasteiger partial charge on any atom is 0.166 e. The molecule has 0 amide bonds. The van der Waals surface area contributed by atoms with Crippen LogP contribution in [0.3, 0.4) is 0 Å². The van der Waals surface area contributed by atoms with Crippen LogP contribution in [-0.2, 0) is 0 Å². The average Bonchev–Trinajstić information content (AvgIpc) is 2.91. The van der Waals surface area contributed by atoms with E-state index in [9.17, 15) is 0 Å². The fourth-order valence-electron chi connectivity index (χ4n) is 2.46. The van der Waals surface area contributed by atoms with Crippen molar-refractivity contribution in [2.24, 2.45) is 5.92 Å². The third-order valence-electron chi connectivity index (χ3n) is 3.74. The molecular formula is C18H28N2S2. The summed E-state index contributed by atoms with van der Waals surface area (Å²) in [5.74, 6) is 0.865. The molecule has 0 bridgehead atoms. The van der Waals surface area contributed by atoms with E-state index in [4.69, 9.17) is 0 Å². The van der Waals surface area contributed by atoms with E-state index in [-0.39, 0.29) is 0 Å². The summed E-state index contributed by atoms with van der Waals surface area (Å²) >= 11 is 3.44. The second-order valence-corrected chi connectivity index (χ2v) is 8.42. The lowest BCUT2D eigenvalue weighted by Crippen LogP contribution is -2.04. The molecule has 1 heterocycles. The highest BCUT2D eigenvalue weighted by atomic mass is 32.2. The predicted octanol–water partition coefficient (Wildman–Crippen LogP) is 6.28. The van der Waals surface area contributed by atoms with Gasteiger partial charge in [-0.2, -0.15) is 0 Å². The number of rotatable bonds is 11. The van der Waals surface area contributed by atoms with Gasteiger partial charge < -0.3 is 0 Å². The van der Waals surface area contributed by atoms with Crippen LogP contribution in [0, 0.1) is 5.92 Å². The van der Waals surface area contributed by atoms with Crippen LogP contribution in [-0.4, -0.2) is 11.5 Å². The SMILES string of the molecule is CC(C)CCCCCCCCNSc1nc2ccccc2s1. The number of hydrogen-bond donors (Lipinski definition) is 1. The Kier molecular flexibility index (Phi) is 8.27. The minimum Gasteiger partial charge on any atom is -0.258 e. The number of thiazole rings is 1. The topological polar surface area (TPSA) is 24.9 Å². The highest BCUT2D eigenvalue weighted by molar-refractivity contribution is 7.99. The van der Waals surface area contributed by atoms with E-state index in [2.05, 4.69) is 41.8 Å². The van der Waals surface area contributed by atoms with Gasteiger partial charge >= 0.3 is 0 Å². The molecule has 0 unspecified atom stereocenters. The fraction of sp³-hybridized carbons (Fsp3) is 0.611. The highest BCUT2D eigenvalue weighted by Crippen LogP contribution is 2.27. The van der Waals surface area contributed by atoms with Gasteiger partial charge in [0.15, 0.2) is 4.34 Å². The zero-order valence-electron chi connectivity index (χ0n) is 13.8. The molecule has 22 heavy (non-hydrogen) atoms. The Morgan fingerprint density at radius 3 is 2.55 bits per heavy atom. The lowest BCUT2D eigenvalue weighted by molar-refractivity contribution is 0.512. The van der Waals surface area contributed by atoms with Gasteiger partial charge in [-0.05, 0) is 36.4 Å². The molecule has 0 saturated carbocycles. The molecule has 1 N–H and O–H groups in total. The zero-order chi connectivity index (χ0) is 15.6. The number of fused-ring (bicyclic) bond motifs is 1. The number of benzene rings is 1. The minimum absolute atomic E-state index is 0.865. The molecule has 2 nitrogen and oxygen atoms in total. The number of nitrogens with zero attached hydrogens (tertiary/aromatic N) is 1. The Morgan fingerprint density at radius 2 is 1.77 bits per heavy atom. The summed E-state index contributed by atoms with van der Waals surface area (Å²) in [6.07, 6.45) is 9.59. The van der Waals surface area contributed by atoms with Crippen LogP contribution < -0.4 is 4.72 Å². The van der Waals surface area contributed by atoms with Crippen molar-refractivity contribution in [1.29, 1.82) is 0 Å². The predicted molar refractivity (Wildman–Crippen MR) is 101 cm³/mol. The molecule has 0 aliphatic heterocycles. The monoisotopic (exact) mass is 336 g/mol. The number of nitrogens with one attached hydrogen (secondary N) is 1. The van der Waals surface area contributed by atoms with Crippen LogP contribution in [0.2, 0.25) is 0 Å². The van der Waals surface area contributed by atoms with Gasteiger partial charge in [0.2, 0.25) is 0 Å². The maximum absolute atomic E-state index is 4.61. The molecule has 0 atom stereocenters. The van der Waals surface area contributed by atoms with Crippen molar-refractivity contribution in [3.63, 3.8) is 0 Å². The minimum atomic E-state index is 0.865. The van der Waals surface area contributed by atoms with Crippen LogP contribution >= 0.6 is 23.3 Å². The normalized spacial score (nSPS) is 11.6. The molecule has 0 radical (unpaired) electrons. The lowest BCUT2D eigenvalue weighted by atomic mass is 10.0. The Labute approximate surface area is 143 Å². The number of para-hydroxylation sites is 1. The summed E-state index contributed by atoms with van der Waals surface area (Å²) in [4.78, 5) is 4.61. The second-order valence-electron chi connectivity index (χ2n) is 6.25. The molecule has 4 heteroatoms. The van der Waals surface area contributed by atoms with E-state index >= 15 is 0 Å². The summed E-state index contributed by atoms with van der Waals surface area (Å²) in [5.41, 5.74) is 1.11. The van der Waals surface area contributed by atoms with E-state index in [0.717, 1.165) is 22.3 Å². The second kappa shape index (κ2) is 10.2. The summed E-state index contributed by atoms with van der Waals surface area (Å²) in [6.45, 7) is 5.70. The molecule has 0 spiro atoms. The van der Waals surface area contributed by atoms with Crippen molar-refractivity contribution in [3.8, 4) is 0 Å². The molecule has 2 aromatic rings. The van der Waals surface area contributed by atoms with Crippen molar-refractivity contribution in [2.75, 3.05) is 6.54 Å². The molecule has 122 valence electrons. The maximum atomic E-state index is 4.61. The van der Waals surface area contributed by atoms with Crippen molar-refractivity contribution >= 4 is 33.5 Å². The lowest BCUT2D eigenvalue weighted by Gasteiger charge is -2.04. The van der Waals surface area contributed by atoms with Crippen molar-refractivity contribution in [2.45, 2.75) is 63.1 Å². The number of unbranched alkanes of at least 4 members (excludes halogenated alkanes) is 5. The first-order valence-electron chi connectivity index (χ1n) is 8.51. The summed E-state index contributed by atoms with van der Waals surface area (Å²) in [6, 6.07) is 8.33. The smallest absolute Gasteiger partial charge is 0.166 e. The van der Waals surface area contributed by atoms with Crippen LogP contribution in [0.4, 0.5) is 0 Å². The van der Waals surface area contributed by atoms with Gasteiger partial charge in [0.25, 0.3) is 0 Å². The van der Waals surface area contributed by atoms with Gasteiger partial charge in [0.05, 0.1) is 10.2 Å². The Morgan fingerprint density at radius 1 is 1.05 bits per heavy atom. The Balaban J connectivity index is 1.47. The van der Waals surface area contributed by atoms with E-state index in [0.29, 0.717) is 0 Å². The Hall–Kier alpha value is -0.580. The van der Waals surface area contributed by atoms with Crippen LogP contribution in [0.5, 0.6) is 0 Å². The molecule has 2 rings (SSSR count). The fourth-order valence-corrected chi connectivity index (χ4v) is 4.29. The summed E-state index contributed by atoms with van der Waals surface area (Å²) in [7, 11) is 0. The largest absolute Gasteiger partial charge is 0.258 e. The molecular weight excluding hydrogens is 308 g/mol. The van der Waals surface area contributed by atoms with Crippen LogP contribution in [0.25, 0.3) is 10.2 Å². The third kappa shape index (κ3) is 6.67. The number of aromatic nitrogens is 1. The highest BCUT2D eigenvalue weighted by Gasteiger charge is 2.03. The van der Waals surface area contributed by atoms with E-state index in [1.807, 2.05) is 6.07 Å². The third-order valence-corrected chi connectivity index (χ3v) is 5.69. The quantitative estimate of drug-likeness (QED) is 0.386. The van der Waals surface area contributed by atoms with E-state index in [1.165, 1.54) is 49.6 Å². The van der Waals surface area contributed by atoms with Crippen molar-refractivity contribution < 1.29 is 0 Å². The van der Waals surface area contributed by atoms with Gasteiger partial charge in [-0.15, -0.1) is 11.3 Å². The first-order valence-corrected chi connectivity index (χ1v) is 10.1.